The lowest BCUT2D eigenvalue weighted by molar-refractivity contribution is 0.0727. The molecular weight excluding hydrogens is 436 g/mol. The number of esters is 1. The quantitative estimate of drug-likeness (QED) is 0.249. The average Bonchev–Trinajstić information content (AvgIpc) is 2.85. The van der Waals surface area contributed by atoms with Gasteiger partial charge in [-0.1, -0.05) is 38.1 Å². The molecule has 0 aliphatic heterocycles. The van der Waals surface area contributed by atoms with Crippen molar-refractivity contribution in [2.45, 2.75) is 19.8 Å². The summed E-state index contributed by atoms with van der Waals surface area (Å²) in [5.74, 6) is 1.07. The molecule has 174 valence electrons. The SMILES string of the molecule is COc1cccc(OC)c1C(=O)Oc1ccc2c(=O)c(Oc3ccccc3C(C)C)coc2c1. The zero-order valence-corrected chi connectivity index (χ0v) is 19.3. The maximum absolute atomic E-state index is 13.0. The predicted molar refractivity (Wildman–Crippen MR) is 128 cm³/mol. The van der Waals surface area contributed by atoms with Crippen molar-refractivity contribution in [3.8, 4) is 28.7 Å². The minimum atomic E-state index is -0.666. The lowest BCUT2D eigenvalue weighted by atomic mass is 10.0. The molecule has 7 heteroatoms. The van der Waals surface area contributed by atoms with E-state index in [-0.39, 0.29) is 34.0 Å². The van der Waals surface area contributed by atoms with E-state index in [4.69, 9.17) is 23.4 Å². The van der Waals surface area contributed by atoms with Gasteiger partial charge in [0.05, 0.1) is 19.6 Å². The first-order valence-electron chi connectivity index (χ1n) is 10.7. The van der Waals surface area contributed by atoms with E-state index < -0.39 is 5.97 Å². The van der Waals surface area contributed by atoms with E-state index in [1.807, 2.05) is 24.3 Å². The normalized spacial score (nSPS) is 10.9. The third-order valence-electron chi connectivity index (χ3n) is 5.32. The number of hydrogen-bond acceptors (Lipinski definition) is 7. The summed E-state index contributed by atoms with van der Waals surface area (Å²) in [7, 11) is 2.91. The van der Waals surface area contributed by atoms with Crippen LogP contribution >= 0.6 is 0 Å². The highest BCUT2D eigenvalue weighted by Gasteiger charge is 2.21. The first-order chi connectivity index (χ1) is 16.4. The van der Waals surface area contributed by atoms with Crippen LogP contribution in [0.5, 0.6) is 28.7 Å². The van der Waals surface area contributed by atoms with Gasteiger partial charge >= 0.3 is 5.97 Å². The molecular formula is C27H24O7. The lowest BCUT2D eigenvalue weighted by Crippen LogP contribution is -2.12. The molecule has 0 radical (unpaired) electrons. The molecule has 1 aromatic heterocycles. The minimum absolute atomic E-state index is 0.0732. The molecule has 0 spiro atoms. The predicted octanol–water partition coefficient (Wildman–Crippen LogP) is 5.95. The number of carbonyl (C=O) groups is 1. The van der Waals surface area contributed by atoms with E-state index in [9.17, 15) is 9.59 Å². The van der Waals surface area contributed by atoms with Crippen LogP contribution in [0.25, 0.3) is 11.0 Å². The maximum atomic E-state index is 13.0. The Bertz CT molecular complexity index is 1380. The van der Waals surface area contributed by atoms with E-state index in [1.165, 1.54) is 38.7 Å². The van der Waals surface area contributed by atoms with E-state index in [1.54, 1.807) is 18.2 Å². The Balaban J connectivity index is 1.63. The summed E-state index contributed by atoms with van der Waals surface area (Å²) < 4.78 is 27.6. The number of benzene rings is 3. The van der Waals surface area contributed by atoms with Crippen molar-refractivity contribution in [1.82, 2.24) is 0 Å². The molecule has 0 aliphatic carbocycles. The first kappa shape index (κ1) is 22.9. The summed E-state index contributed by atoms with van der Waals surface area (Å²) >= 11 is 0. The van der Waals surface area contributed by atoms with Gasteiger partial charge in [0.1, 0.15) is 40.4 Å². The molecule has 0 saturated heterocycles. The molecule has 1 heterocycles. The van der Waals surface area contributed by atoms with Crippen molar-refractivity contribution in [2.75, 3.05) is 14.2 Å². The summed E-state index contributed by atoms with van der Waals surface area (Å²) in [6.45, 7) is 4.10. The second-order valence-electron chi connectivity index (χ2n) is 7.81. The lowest BCUT2D eigenvalue weighted by Gasteiger charge is -2.13. The Labute approximate surface area is 196 Å². The Morgan fingerprint density at radius 3 is 2.21 bits per heavy atom. The molecule has 0 bridgehead atoms. The van der Waals surface area contributed by atoms with Gasteiger partial charge in [0.15, 0.2) is 0 Å². The number of fused-ring (bicyclic) bond motifs is 1. The van der Waals surface area contributed by atoms with Crippen molar-refractivity contribution in [3.05, 3.63) is 88.3 Å². The number of rotatable bonds is 7. The second-order valence-corrected chi connectivity index (χ2v) is 7.81. The molecule has 7 nitrogen and oxygen atoms in total. The highest BCUT2D eigenvalue weighted by atomic mass is 16.5. The Hall–Kier alpha value is -4.26. The molecule has 0 amide bonds. The second kappa shape index (κ2) is 9.70. The minimum Gasteiger partial charge on any atom is -0.496 e. The molecule has 0 atom stereocenters. The third kappa shape index (κ3) is 4.45. The van der Waals surface area contributed by atoms with E-state index in [2.05, 4.69) is 13.8 Å². The fraction of sp³-hybridized carbons (Fsp3) is 0.185. The zero-order valence-electron chi connectivity index (χ0n) is 19.3. The van der Waals surface area contributed by atoms with Gasteiger partial charge in [-0.05, 0) is 41.8 Å². The van der Waals surface area contributed by atoms with Crippen LogP contribution in [-0.2, 0) is 0 Å². The standard InChI is InChI=1S/C27H24O7/c1-16(2)18-8-5-6-9-20(18)34-24-15-32-23-14-17(12-13-19(23)26(24)28)33-27(29)25-21(30-3)10-7-11-22(25)31-4/h5-16H,1-4H3. The van der Waals surface area contributed by atoms with Gasteiger partial charge < -0.3 is 23.4 Å². The van der Waals surface area contributed by atoms with Gasteiger partial charge in [-0.2, -0.15) is 0 Å². The van der Waals surface area contributed by atoms with Crippen LogP contribution in [0.3, 0.4) is 0 Å². The molecule has 3 aromatic carbocycles. The van der Waals surface area contributed by atoms with Crippen LogP contribution < -0.4 is 24.4 Å². The monoisotopic (exact) mass is 460 g/mol. The van der Waals surface area contributed by atoms with Crippen molar-refractivity contribution >= 4 is 16.9 Å². The van der Waals surface area contributed by atoms with Gasteiger partial charge in [-0.25, -0.2) is 4.79 Å². The Morgan fingerprint density at radius 2 is 1.53 bits per heavy atom. The number of hydrogen-bond donors (Lipinski definition) is 0. The van der Waals surface area contributed by atoms with Gasteiger partial charge in [0, 0.05) is 6.07 Å². The van der Waals surface area contributed by atoms with Crippen LogP contribution in [0.2, 0.25) is 0 Å². The largest absolute Gasteiger partial charge is 0.496 e. The van der Waals surface area contributed by atoms with Crippen LogP contribution in [0, 0.1) is 0 Å². The van der Waals surface area contributed by atoms with E-state index in [0.717, 1.165) is 5.56 Å². The van der Waals surface area contributed by atoms with Crippen LogP contribution in [0.15, 0.2) is 76.1 Å². The Morgan fingerprint density at radius 1 is 0.853 bits per heavy atom. The van der Waals surface area contributed by atoms with Crippen molar-refractivity contribution in [2.24, 2.45) is 0 Å². The van der Waals surface area contributed by atoms with Gasteiger partial charge in [0.25, 0.3) is 0 Å². The fourth-order valence-corrected chi connectivity index (χ4v) is 3.60. The fourth-order valence-electron chi connectivity index (χ4n) is 3.60. The molecule has 0 N–H and O–H groups in total. The van der Waals surface area contributed by atoms with Crippen LogP contribution in [-0.4, -0.2) is 20.2 Å². The molecule has 0 fully saturated rings. The molecule has 0 aliphatic rings. The van der Waals surface area contributed by atoms with Gasteiger partial charge in [-0.15, -0.1) is 0 Å². The van der Waals surface area contributed by atoms with E-state index in [0.29, 0.717) is 22.6 Å². The van der Waals surface area contributed by atoms with E-state index >= 15 is 0 Å². The average molecular weight is 460 g/mol. The van der Waals surface area contributed by atoms with Gasteiger partial charge in [-0.3, -0.25) is 4.79 Å². The topological polar surface area (TPSA) is 84.2 Å². The summed E-state index contributed by atoms with van der Waals surface area (Å²) in [5, 5.41) is 0.300. The summed E-state index contributed by atoms with van der Waals surface area (Å²) in [6, 6.07) is 17.1. The third-order valence-corrected chi connectivity index (χ3v) is 5.32. The highest BCUT2D eigenvalue weighted by Crippen LogP contribution is 2.32. The van der Waals surface area contributed by atoms with Crippen LogP contribution in [0.4, 0.5) is 0 Å². The van der Waals surface area contributed by atoms with Crippen molar-refractivity contribution in [3.63, 3.8) is 0 Å². The van der Waals surface area contributed by atoms with Gasteiger partial charge in [0.2, 0.25) is 11.2 Å². The molecule has 0 saturated carbocycles. The number of methoxy groups -OCH3 is 2. The molecule has 4 aromatic rings. The van der Waals surface area contributed by atoms with Crippen LogP contribution in [0.1, 0.15) is 35.7 Å². The van der Waals surface area contributed by atoms with Crippen molar-refractivity contribution in [1.29, 1.82) is 0 Å². The first-order valence-corrected chi connectivity index (χ1v) is 10.7. The number of carbonyl (C=O) groups excluding carboxylic acids is 1. The number of ether oxygens (including phenoxy) is 4. The molecule has 34 heavy (non-hydrogen) atoms. The Kier molecular flexibility index (Phi) is 6.54. The highest BCUT2D eigenvalue weighted by molar-refractivity contribution is 5.97. The molecule has 0 unspecified atom stereocenters. The maximum Gasteiger partial charge on any atom is 0.351 e. The summed E-state index contributed by atoms with van der Waals surface area (Å²) in [5.41, 5.74) is 1.06. The summed E-state index contributed by atoms with van der Waals surface area (Å²) in [6.07, 6.45) is 1.26. The summed E-state index contributed by atoms with van der Waals surface area (Å²) in [4.78, 5) is 25.8. The van der Waals surface area contributed by atoms with Crippen molar-refractivity contribution < 1.29 is 28.2 Å². The molecule has 4 rings (SSSR count). The number of para-hydroxylation sites is 1. The smallest absolute Gasteiger partial charge is 0.351 e. The zero-order chi connectivity index (χ0) is 24.2.